The van der Waals surface area contributed by atoms with Gasteiger partial charge in [0.1, 0.15) is 0 Å². The first kappa shape index (κ1) is 13.4. The molecule has 108 valence electrons. The summed E-state index contributed by atoms with van der Waals surface area (Å²) in [5.74, 6) is 1.05. The Hall–Kier alpha value is -1.56. The maximum Gasteiger partial charge on any atom is 0.324 e. The van der Waals surface area contributed by atoms with Gasteiger partial charge in [0.15, 0.2) is 11.0 Å². The molecule has 0 amide bonds. The molecule has 0 bridgehead atoms. The second-order valence-electron chi connectivity index (χ2n) is 5.43. The van der Waals surface area contributed by atoms with E-state index >= 15 is 0 Å². The van der Waals surface area contributed by atoms with E-state index in [-0.39, 0.29) is 5.92 Å². The lowest BCUT2D eigenvalue weighted by atomic mass is 10.1. The first-order chi connectivity index (χ1) is 9.63. The van der Waals surface area contributed by atoms with Crippen molar-refractivity contribution >= 4 is 17.6 Å². The van der Waals surface area contributed by atoms with E-state index in [9.17, 15) is 0 Å². The first-order valence-electron chi connectivity index (χ1n) is 6.92. The molecule has 1 aliphatic rings. The van der Waals surface area contributed by atoms with Crippen molar-refractivity contribution in [1.82, 2.24) is 19.9 Å². The van der Waals surface area contributed by atoms with Gasteiger partial charge in [-0.25, -0.2) is 0 Å². The average Bonchev–Trinajstić information content (AvgIpc) is 3.08. The number of anilines is 1. The molecule has 1 aliphatic heterocycles. The predicted octanol–water partition coefficient (Wildman–Crippen LogP) is 2.88. The van der Waals surface area contributed by atoms with Crippen LogP contribution in [0.5, 0.6) is 0 Å². The van der Waals surface area contributed by atoms with Crippen LogP contribution in [0.4, 0.5) is 6.01 Å². The minimum Gasteiger partial charge on any atom is -0.324 e. The minimum atomic E-state index is 0.288. The molecule has 0 spiro atoms. The first-order valence-corrected chi connectivity index (χ1v) is 7.30. The van der Waals surface area contributed by atoms with E-state index in [1.165, 1.54) is 0 Å². The van der Waals surface area contributed by atoms with E-state index in [0.29, 0.717) is 17.2 Å². The second kappa shape index (κ2) is 5.44. The summed E-state index contributed by atoms with van der Waals surface area (Å²) >= 11 is 5.86. The standard InChI is InChI=1S/C13H18ClN5O/c1-9(2)12-15-13(20-17-12)18-6-3-10(4-7-18)19-8-5-11(14)16-19/h5,8-10H,3-4,6-7H2,1-2H3. The molecule has 0 unspecified atom stereocenters. The Morgan fingerprint density at radius 3 is 2.65 bits per heavy atom. The third-order valence-electron chi connectivity index (χ3n) is 3.63. The molecule has 3 rings (SSSR count). The van der Waals surface area contributed by atoms with Gasteiger partial charge < -0.3 is 9.42 Å². The van der Waals surface area contributed by atoms with Crippen LogP contribution in [0.2, 0.25) is 5.15 Å². The maximum atomic E-state index is 5.86. The average molecular weight is 296 g/mol. The lowest BCUT2D eigenvalue weighted by Gasteiger charge is -2.30. The van der Waals surface area contributed by atoms with Crippen LogP contribution in [0.1, 0.15) is 44.5 Å². The number of nitrogens with zero attached hydrogens (tertiary/aromatic N) is 5. The predicted molar refractivity (Wildman–Crippen MR) is 76.1 cm³/mol. The Morgan fingerprint density at radius 2 is 2.10 bits per heavy atom. The summed E-state index contributed by atoms with van der Waals surface area (Å²) in [5, 5.41) is 8.83. The highest BCUT2D eigenvalue weighted by atomic mass is 35.5. The molecule has 2 aromatic rings. The summed E-state index contributed by atoms with van der Waals surface area (Å²) in [4.78, 5) is 6.58. The monoisotopic (exact) mass is 295 g/mol. The van der Waals surface area contributed by atoms with Gasteiger partial charge in [0.2, 0.25) is 0 Å². The quantitative estimate of drug-likeness (QED) is 0.871. The van der Waals surface area contributed by atoms with Crippen LogP contribution < -0.4 is 4.90 Å². The smallest absolute Gasteiger partial charge is 0.324 e. The summed E-state index contributed by atoms with van der Waals surface area (Å²) in [6, 6.07) is 2.85. The summed E-state index contributed by atoms with van der Waals surface area (Å²) in [6.45, 7) is 5.90. The largest absolute Gasteiger partial charge is 0.324 e. The zero-order chi connectivity index (χ0) is 14.1. The second-order valence-corrected chi connectivity index (χ2v) is 5.81. The van der Waals surface area contributed by atoms with Crippen molar-refractivity contribution in [2.75, 3.05) is 18.0 Å². The number of piperidine rings is 1. The zero-order valence-electron chi connectivity index (χ0n) is 11.7. The van der Waals surface area contributed by atoms with Gasteiger partial charge in [-0.2, -0.15) is 10.1 Å². The van der Waals surface area contributed by atoms with Gasteiger partial charge in [0.05, 0.1) is 6.04 Å². The van der Waals surface area contributed by atoms with E-state index in [1.807, 2.05) is 16.9 Å². The molecule has 0 N–H and O–H groups in total. The van der Waals surface area contributed by atoms with E-state index in [4.69, 9.17) is 16.1 Å². The van der Waals surface area contributed by atoms with Crippen LogP contribution in [0.25, 0.3) is 0 Å². The molecule has 3 heterocycles. The van der Waals surface area contributed by atoms with Gasteiger partial charge in [-0.3, -0.25) is 4.68 Å². The Morgan fingerprint density at radius 1 is 1.35 bits per heavy atom. The molecule has 0 aliphatic carbocycles. The van der Waals surface area contributed by atoms with Crippen LogP contribution in [0, 0.1) is 0 Å². The topological polar surface area (TPSA) is 60.0 Å². The Balaban J connectivity index is 1.63. The van der Waals surface area contributed by atoms with E-state index < -0.39 is 0 Å². The van der Waals surface area contributed by atoms with Gasteiger partial charge in [0.25, 0.3) is 0 Å². The maximum absolute atomic E-state index is 5.86. The van der Waals surface area contributed by atoms with Gasteiger partial charge in [-0.15, -0.1) is 0 Å². The number of hydrogen-bond donors (Lipinski definition) is 0. The Bertz CT molecular complexity index is 571. The van der Waals surface area contributed by atoms with Gasteiger partial charge in [-0.1, -0.05) is 30.6 Å². The fourth-order valence-corrected chi connectivity index (χ4v) is 2.57. The third kappa shape index (κ3) is 2.65. The molecular formula is C13H18ClN5O. The van der Waals surface area contributed by atoms with Gasteiger partial charge in [-0.05, 0) is 18.9 Å². The van der Waals surface area contributed by atoms with Crippen molar-refractivity contribution in [3.05, 3.63) is 23.2 Å². The van der Waals surface area contributed by atoms with Crippen molar-refractivity contribution < 1.29 is 4.52 Å². The van der Waals surface area contributed by atoms with Crippen LogP contribution in [0.15, 0.2) is 16.8 Å². The van der Waals surface area contributed by atoms with E-state index in [1.54, 1.807) is 0 Å². The van der Waals surface area contributed by atoms with E-state index in [2.05, 4.69) is 34.0 Å². The molecule has 0 saturated carbocycles. The minimum absolute atomic E-state index is 0.288. The van der Waals surface area contributed by atoms with Crippen molar-refractivity contribution in [3.8, 4) is 0 Å². The van der Waals surface area contributed by atoms with Gasteiger partial charge in [0, 0.05) is 25.2 Å². The molecule has 20 heavy (non-hydrogen) atoms. The summed E-state index contributed by atoms with van der Waals surface area (Å²) in [7, 11) is 0. The lowest BCUT2D eigenvalue weighted by molar-refractivity contribution is 0.341. The fourth-order valence-electron chi connectivity index (χ4n) is 2.43. The number of rotatable bonds is 3. The fraction of sp³-hybridized carbons (Fsp3) is 0.615. The highest BCUT2D eigenvalue weighted by Gasteiger charge is 2.24. The molecule has 7 heteroatoms. The molecule has 6 nitrogen and oxygen atoms in total. The summed E-state index contributed by atoms with van der Waals surface area (Å²) in [5.41, 5.74) is 0. The number of aromatic nitrogens is 4. The highest BCUT2D eigenvalue weighted by molar-refractivity contribution is 6.29. The van der Waals surface area contributed by atoms with Crippen molar-refractivity contribution in [3.63, 3.8) is 0 Å². The van der Waals surface area contributed by atoms with Crippen LogP contribution in [-0.4, -0.2) is 33.0 Å². The zero-order valence-corrected chi connectivity index (χ0v) is 12.4. The molecule has 0 atom stereocenters. The normalized spacial score (nSPS) is 17.1. The SMILES string of the molecule is CC(C)c1noc(N2CCC(n3ccc(Cl)n3)CC2)n1. The molecule has 0 radical (unpaired) electrons. The third-order valence-corrected chi connectivity index (χ3v) is 3.83. The molecule has 0 aromatic carbocycles. The van der Waals surface area contributed by atoms with Gasteiger partial charge >= 0.3 is 6.01 Å². The summed E-state index contributed by atoms with van der Waals surface area (Å²) < 4.78 is 7.28. The van der Waals surface area contributed by atoms with Crippen molar-refractivity contribution in [2.24, 2.45) is 0 Å². The number of hydrogen-bond acceptors (Lipinski definition) is 5. The molecule has 1 fully saturated rings. The van der Waals surface area contributed by atoms with Crippen molar-refractivity contribution in [2.45, 2.75) is 38.6 Å². The number of halogens is 1. The van der Waals surface area contributed by atoms with Crippen LogP contribution in [-0.2, 0) is 0 Å². The Labute approximate surface area is 122 Å². The highest BCUT2D eigenvalue weighted by Crippen LogP contribution is 2.26. The lowest BCUT2D eigenvalue weighted by Crippen LogP contribution is -2.35. The van der Waals surface area contributed by atoms with Crippen LogP contribution in [0.3, 0.4) is 0 Å². The van der Waals surface area contributed by atoms with E-state index in [0.717, 1.165) is 31.8 Å². The molecule has 2 aromatic heterocycles. The Kier molecular flexibility index (Phi) is 3.65. The summed E-state index contributed by atoms with van der Waals surface area (Å²) in [6.07, 6.45) is 3.93. The van der Waals surface area contributed by atoms with Crippen molar-refractivity contribution in [1.29, 1.82) is 0 Å². The molecule has 1 saturated heterocycles. The molecular weight excluding hydrogens is 278 g/mol. The van der Waals surface area contributed by atoms with Crippen LogP contribution >= 0.6 is 11.6 Å².